The number of thioether (sulfide) groups is 1. The molecular weight excluding hydrogens is 256 g/mol. The third-order valence-electron chi connectivity index (χ3n) is 1.81. The quantitative estimate of drug-likeness (QED) is 0.629. The number of carbonyl (C=O) groups is 2. The monoisotopic (exact) mass is 270 g/mol. The molecule has 2 amide bonds. The lowest BCUT2D eigenvalue weighted by Crippen LogP contribution is -2.41. The molecule has 0 aromatic heterocycles. The van der Waals surface area contributed by atoms with E-state index in [1.54, 1.807) is 12.3 Å². The molecule has 18 heavy (non-hydrogen) atoms. The van der Waals surface area contributed by atoms with Crippen LogP contribution in [0.3, 0.4) is 0 Å². The van der Waals surface area contributed by atoms with Crippen LogP contribution in [0.4, 0.5) is 4.79 Å². The highest BCUT2D eigenvalue weighted by atomic mass is 32.2. The van der Waals surface area contributed by atoms with E-state index in [1.165, 1.54) is 11.8 Å². The predicted molar refractivity (Wildman–Crippen MR) is 65.5 cm³/mol. The first-order chi connectivity index (χ1) is 8.65. The Balaban J connectivity index is 3.96. The summed E-state index contributed by atoms with van der Waals surface area (Å²) in [7, 11) is 0. The Bertz CT molecular complexity index is 361. The summed E-state index contributed by atoms with van der Waals surface area (Å²) in [5.74, 6) is -0.252. The highest BCUT2D eigenvalue weighted by Crippen LogP contribution is 2.05. The summed E-state index contributed by atoms with van der Waals surface area (Å²) < 4.78 is 4.47. The lowest BCUT2D eigenvalue weighted by molar-refractivity contribution is -0.120. The zero-order valence-electron chi connectivity index (χ0n) is 9.93. The van der Waals surface area contributed by atoms with E-state index in [1.807, 2.05) is 6.07 Å². The van der Waals surface area contributed by atoms with Crippen LogP contribution in [0.1, 0.15) is 6.42 Å². The molecule has 0 fully saturated rings. The van der Waals surface area contributed by atoms with Crippen molar-refractivity contribution in [3.63, 3.8) is 0 Å². The van der Waals surface area contributed by atoms with Gasteiger partial charge in [0, 0.05) is 13.1 Å². The minimum atomic E-state index is -0.736. The van der Waals surface area contributed by atoms with Gasteiger partial charge in [0.25, 0.3) is 0 Å². The van der Waals surface area contributed by atoms with Crippen LogP contribution in [0, 0.1) is 22.7 Å². The van der Waals surface area contributed by atoms with Crippen molar-refractivity contribution >= 4 is 23.8 Å². The number of nitriles is 2. The molecule has 0 aliphatic heterocycles. The second kappa shape index (κ2) is 10.2. The first kappa shape index (κ1) is 16.1. The number of hydrogen-bond donors (Lipinski definition) is 2. The zero-order chi connectivity index (χ0) is 13.8. The molecule has 0 aromatic carbocycles. The fraction of sp³-hybridized carbons (Fsp3) is 0.600. The molecular formula is C10H14N4O3S. The van der Waals surface area contributed by atoms with E-state index in [0.29, 0.717) is 0 Å². The van der Waals surface area contributed by atoms with Gasteiger partial charge in [0.2, 0.25) is 5.91 Å². The third kappa shape index (κ3) is 7.36. The molecule has 0 heterocycles. The number of amides is 2. The van der Waals surface area contributed by atoms with E-state index >= 15 is 0 Å². The number of alkyl carbamates (subject to hydrolysis) is 1. The van der Waals surface area contributed by atoms with Crippen molar-refractivity contribution in [2.24, 2.45) is 0 Å². The highest BCUT2D eigenvalue weighted by Gasteiger charge is 2.17. The summed E-state index contributed by atoms with van der Waals surface area (Å²) in [6.45, 7) is 0.0548. The van der Waals surface area contributed by atoms with Crippen LogP contribution in [-0.2, 0) is 9.53 Å². The van der Waals surface area contributed by atoms with E-state index in [4.69, 9.17) is 10.5 Å². The van der Waals surface area contributed by atoms with Crippen molar-refractivity contribution in [1.29, 1.82) is 10.5 Å². The number of carbonyl (C=O) groups excluding carboxylic acids is 2. The van der Waals surface area contributed by atoms with Crippen molar-refractivity contribution in [1.82, 2.24) is 10.6 Å². The second-order valence-electron chi connectivity index (χ2n) is 3.04. The molecule has 0 saturated heterocycles. The van der Waals surface area contributed by atoms with Crippen LogP contribution in [0.25, 0.3) is 0 Å². The largest absolute Gasteiger partial charge is 0.434 e. The average Bonchev–Trinajstić information content (AvgIpc) is 2.37. The van der Waals surface area contributed by atoms with Gasteiger partial charge in [0.05, 0.1) is 12.5 Å². The van der Waals surface area contributed by atoms with Gasteiger partial charge in [-0.25, -0.2) is 4.79 Å². The van der Waals surface area contributed by atoms with Crippen LogP contribution in [0.15, 0.2) is 0 Å². The van der Waals surface area contributed by atoms with Gasteiger partial charge in [0.15, 0.2) is 6.61 Å². The van der Waals surface area contributed by atoms with Gasteiger partial charge in [-0.1, -0.05) is 0 Å². The van der Waals surface area contributed by atoms with Gasteiger partial charge in [-0.05, 0) is 6.26 Å². The van der Waals surface area contributed by atoms with Crippen molar-refractivity contribution in [3.05, 3.63) is 0 Å². The molecule has 1 atom stereocenters. The third-order valence-corrected chi connectivity index (χ3v) is 2.76. The first-order valence-corrected chi connectivity index (χ1v) is 6.39. The summed E-state index contributed by atoms with van der Waals surface area (Å²) in [4.78, 5) is 22.6. The first-order valence-electron chi connectivity index (χ1n) is 5.10. The Morgan fingerprint density at radius 2 is 2.06 bits per heavy atom. The van der Waals surface area contributed by atoms with E-state index in [9.17, 15) is 9.59 Å². The molecule has 0 aromatic rings. The summed E-state index contributed by atoms with van der Waals surface area (Å²) in [6.07, 6.45) is 1.24. The molecule has 0 aliphatic carbocycles. The topological polar surface area (TPSA) is 115 Å². The maximum Gasteiger partial charge on any atom is 0.408 e. The van der Waals surface area contributed by atoms with Gasteiger partial charge in [-0.2, -0.15) is 22.3 Å². The second-order valence-corrected chi connectivity index (χ2v) is 4.08. The molecule has 98 valence electrons. The Morgan fingerprint density at radius 1 is 1.33 bits per heavy atom. The van der Waals surface area contributed by atoms with E-state index in [-0.39, 0.29) is 32.0 Å². The number of nitrogens with one attached hydrogen (secondary N) is 2. The summed E-state index contributed by atoms with van der Waals surface area (Å²) in [6, 6.07) is 3.57. The Kier molecular flexibility index (Phi) is 9.14. The Labute approximate surface area is 109 Å². The lowest BCUT2D eigenvalue weighted by atomic mass is 10.3. The number of ether oxygens (including phenoxy) is 1. The average molecular weight is 270 g/mol. The van der Waals surface area contributed by atoms with Crippen molar-refractivity contribution in [2.75, 3.05) is 26.0 Å². The number of hydrogen-bond acceptors (Lipinski definition) is 6. The molecule has 0 aliphatic rings. The molecule has 0 rings (SSSR count). The van der Waals surface area contributed by atoms with E-state index in [2.05, 4.69) is 15.4 Å². The Hall–Kier alpha value is -1.93. The van der Waals surface area contributed by atoms with Gasteiger partial charge < -0.3 is 15.4 Å². The van der Waals surface area contributed by atoms with Crippen LogP contribution in [0.2, 0.25) is 0 Å². The van der Waals surface area contributed by atoms with Gasteiger partial charge in [-0.15, -0.1) is 0 Å². The van der Waals surface area contributed by atoms with Gasteiger partial charge >= 0.3 is 6.09 Å². The summed E-state index contributed by atoms with van der Waals surface area (Å²) in [5, 5.41) is 21.0. The number of rotatable bonds is 7. The molecule has 0 spiro atoms. The Morgan fingerprint density at radius 3 is 2.61 bits per heavy atom. The summed E-state index contributed by atoms with van der Waals surface area (Å²) in [5.41, 5.74) is 0. The highest BCUT2D eigenvalue weighted by molar-refractivity contribution is 7.99. The van der Waals surface area contributed by atoms with Crippen molar-refractivity contribution < 1.29 is 14.3 Å². The number of nitrogens with zero attached hydrogens (tertiary/aromatic N) is 2. The van der Waals surface area contributed by atoms with Crippen LogP contribution < -0.4 is 10.6 Å². The maximum absolute atomic E-state index is 11.6. The minimum Gasteiger partial charge on any atom is -0.434 e. The maximum atomic E-state index is 11.6. The van der Waals surface area contributed by atoms with Crippen molar-refractivity contribution in [3.8, 4) is 12.1 Å². The minimum absolute atomic E-state index is 0.101. The molecule has 7 nitrogen and oxygen atoms in total. The fourth-order valence-electron chi connectivity index (χ4n) is 0.963. The standard InChI is InChI=1S/C10H14N4O3S/c1-18-8(9(15)13-5-2-3-11)7-14-10(16)17-6-4-12/h8H,2,5-7H2,1H3,(H,13,15)(H,14,16). The van der Waals surface area contributed by atoms with E-state index < -0.39 is 11.3 Å². The lowest BCUT2D eigenvalue weighted by Gasteiger charge is -2.14. The molecule has 0 bridgehead atoms. The fourth-order valence-corrected chi connectivity index (χ4v) is 1.51. The molecule has 0 radical (unpaired) electrons. The van der Waals surface area contributed by atoms with Gasteiger partial charge in [-0.3, -0.25) is 4.79 Å². The van der Waals surface area contributed by atoms with Crippen LogP contribution in [-0.4, -0.2) is 43.2 Å². The van der Waals surface area contributed by atoms with Crippen LogP contribution in [0.5, 0.6) is 0 Å². The van der Waals surface area contributed by atoms with Crippen molar-refractivity contribution in [2.45, 2.75) is 11.7 Å². The molecule has 2 N–H and O–H groups in total. The summed E-state index contributed by atoms with van der Waals surface area (Å²) >= 11 is 1.27. The molecule has 0 saturated carbocycles. The van der Waals surface area contributed by atoms with Gasteiger partial charge in [0.1, 0.15) is 11.3 Å². The normalized spacial score (nSPS) is 10.6. The molecule has 8 heteroatoms. The SMILES string of the molecule is CSC(CNC(=O)OCC#N)C(=O)NCCC#N. The zero-order valence-corrected chi connectivity index (χ0v) is 10.7. The van der Waals surface area contributed by atoms with Crippen LogP contribution >= 0.6 is 11.8 Å². The van der Waals surface area contributed by atoms with E-state index in [0.717, 1.165) is 0 Å². The molecule has 1 unspecified atom stereocenters. The smallest absolute Gasteiger partial charge is 0.408 e. The predicted octanol–water partition coefficient (Wildman–Crippen LogP) is -0.00234.